The van der Waals surface area contributed by atoms with Crippen molar-refractivity contribution in [3.8, 4) is 0 Å². The maximum atomic E-state index is 11.7. The van der Waals surface area contributed by atoms with E-state index in [1.165, 1.54) is 6.08 Å². The molecule has 1 amide bonds. The number of carbonyl (C=O) groups is 2. The second-order valence-corrected chi connectivity index (χ2v) is 4.73. The fourth-order valence-electron chi connectivity index (χ4n) is 1.82. The molecule has 0 radical (unpaired) electrons. The summed E-state index contributed by atoms with van der Waals surface area (Å²) in [5.74, 6) is -1.37. The van der Waals surface area contributed by atoms with Gasteiger partial charge in [0.1, 0.15) is 6.04 Å². The molecule has 0 bridgehead atoms. The lowest BCUT2D eigenvalue weighted by Gasteiger charge is -2.12. The quantitative estimate of drug-likeness (QED) is 0.752. The minimum atomic E-state index is -0.990. The fraction of sp³-hybridized carbons (Fsp3) is 0.375. The maximum absolute atomic E-state index is 11.7. The Labute approximate surface area is 119 Å². The molecular weight excluding hydrogens is 254 g/mol. The minimum absolute atomic E-state index is 0.378. The molecule has 1 rings (SSSR count). The molecule has 0 aliphatic carbocycles. The van der Waals surface area contributed by atoms with Gasteiger partial charge in [0.25, 0.3) is 0 Å². The molecule has 4 nitrogen and oxygen atoms in total. The van der Waals surface area contributed by atoms with E-state index in [0.717, 1.165) is 24.0 Å². The summed E-state index contributed by atoms with van der Waals surface area (Å²) in [6.07, 6.45) is 5.21. The molecule has 1 aromatic rings. The zero-order valence-corrected chi connectivity index (χ0v) is 11.9. The highest BCUT2D eigenvalue weighted by molar-refractivity contribution is 5.94. The first-order valence-electron chi connectivity index (χ1n) is 6.81. The average Bonchev–Trinajstić information content (AvgIpc) is 2.42. The number of amides is 1. The van der Waals surface area contributed by atoms with E-state index >= 15 is 0 Å². The Morgan fingerprint density at radius 1 is 1.35 bits per heavy atom. The van der Waals surface area contributed by atoms with E-state index in [0.29, 0.717) is 6.42 Å². The van der Waals surface area contributed by atoms with E-state index in [9.17, 15) is 9.59 Å². The van der Waals surface area contributed by atoms with Gasteiger partial charge in [0.05, 0.1) is 0 Å². The van der Waals surface area contributed by atoms with Crippen LogP contribution < -0.4 is 5.32 Å². The maximum Gasteiger partial charge on any atom is 0.326 e. The van der Waals surface area contributed by atoms with Crippen LogP contribution in [0.1, 0.15) is 37.3 Å². The number of aryl methyl sites for hydroxylation is 1. The number of hydrogen-bond acceptors (Lipinski definition) is 2. The van der Waals surface area contributed by atoms with Crippen LogP contribution in [-0.2, 0) is 9.59 Å². The highest BCUT2D eigenvalue weighted by Crippen LogP contribution is 2.08. The van der Waals surface area contributed by atoms with Gasteiger partial charge in [-0.1, -0.05) is 44.0 Å². The van der Waals surface area contributed by atoms with Crippen molar-refractivity contribution < 1.29 is 14.7 Å². The van der Waals surface area contributed by atoms with E-state index in [1.807, 2.05) is 38.1 Å². The van der Waals surface area contributed by atoms with Gasteiger partial charge >= 0.3 is 5.97 Å². The fourth-order valence-corrected chi connectivity index (χ4v) is 1.82. The first kappa shape index (κ1) is 16.0. The summed E-state index contributed by atoms with van der Waals surface area (Å²) >= 11 is 0. The Morgan fingerprint density at radius 3 is 2.65 bits per heavy atom. The SMILES string of the molecule is CCCC[C@H](NC(=O)/C=C/c1ccccc1C)C(=O)O. The van der Waals surface area contributed by atoms with Crippen LogP contribution in [0.5, 0.6) is 0 Å². The molecule has 0 aliphatic heterocycles. The Bertz CT molecular complexity index is 494. The molecule has 20 heavy (non-hydrogen) atoms. The highest BCUT2D eigenvalue weighted by atomic mass is 16.4. The number of carbonyl (C=O) groups excluding carboxylic acids is 1. The third kappa shape index (κ3) is 5.26. The zero-order valence-electron chi connectivity index (χ0n) is 11.9. The summed E-state index contributed by atoms with van der Waals surface area (Å²) in [6.45, 7) is 3.94. The molecule has 1 aromatic carbocycles. The van der Waals surface area contributed by atoms with Crippen LogP contribution in [-0.4, -0.2) is 23.0 Å². The van der Waals surface area contributed by atoms with Crippen molar-refractivity contribution in [1.82, 2.24) is 5.32 Å². The van der Waals surface area contributed by atoms with Gasteiger partial charge < -0.3 is 10.4 Å². The highest BCUT2D eigenvalue weighted by Gasteiger charge is 2.17. The molecule has 0 saturated heterocycles. The first-order valence-corrected chi connectivity index (χ1v) is 6.81. The Balaban J connectivity index is 2.61. The molecule has 0 saturated carbocycles. The van der Waals surface area contributed by atoms with Crippen molar-refractivity contribution in [1.29, 1.82) is 0 Å². The van der Waals surface area contributed by atoms with E-state index in [1.54, 1.807) is 6.08 Å². The number of nitrogens with one attached hydrogen (secondary N) is 1. The second-order valence-electron chi connectivity index (χ2n) is 4.73. The van der Waals surface area contributed by atoms with Crippen molar-refractivity contribution in [2.45, 2.75) is 39.2 Å². The second kappa shape index (κ2) is 8.15. The molecule has 2 N–H and O–H groups in total. The molecule has 108 valence electrons. The van der Waals surface area contributed by atoms with Gasteiger partial charge in [0, 0.05) is 6.08 Å². The zero-order chi connectivity index (χ0) is 15.0. The van der Waals surface area contributed by atoms with Gasteiger partial charge in [-0.2, -0.15) is 0 Å². The van der Waals surface area contributed by atoms with E-state index < -0.39 is 12.0 Å². The van der Waals surface area contributed by atoms with Gasteiger partial charge in [-0.05, 0) is 30.5 Å². The average molecular weight is 275 g/mol. The topological polar surface area (TPSA) is 66.4 Å². The van der Waals surface area contributed by atoms with Gasteiger partial charge in [-0.15, -0.1) is 0 Å². The smallest absolute Gasteiger partial charge is 0.326 e. The summed E-state index contributed by atoms with van der Waals surface area (Å²) in [5.41, 5.74) is 2.01. The minimum Gasteiger partial charge on any atom is -0.480 e. The third-order valence-corrected chi connectivity index (χ3v) is 3.06. The summed E-state index contributed by atoms with van der Waals surface area (Å²) in [6, 6.07) is 6.87. The van der Waals surface area contributed by atoms with Crippen LogP contribution in [0.4, 0.5) is 0 Å². The molecular formula is C16H21NO3. The number of rotatable bonds is 7. The molecule has 0 aromatic heterocycles. The standard InChI is InChI=1S/C16H21NO3/c1-3-4-9-14(16(19)20)17-15(18)11-10-13-8-6-5-7-12(13)2/h5-8,10-11,14H,3-4,9H2,1-2H3,(H,17,18)(H,19,20)/b11-10+/t14-/m0/s1. The molecule has 0 heterocycles. The van der Waals surface area contributed by atoms with Crippen molar-refractivity contribution >= 4 is 18.0 Å². The number of unbranched alkanes of at least 4 members (excludes halogenated alkanes) is 1. The largest absolute Gasteiger partial charge is 0.480 e. The summed E-state index contributed by atoms with van der Waals surface area (Å²) in [4.78, 5) is 22.8. The van der Waals surface area contributed by atoms with Crippen molar-refractivity contribution in [2.75, 3.05) is 0 Å². The lowest BCUT2D eigenvalue weighted by atomic mass is 10.1. The van der Waals surface area contributed by atoms with Crippen LogP contribution in [0, 0.1) is 6.92 Å². The van der Waals surface area contributed by atoms with Gasteiger partial charge in [-0.25, -0.2) is 4.79 Å². The van der Waals surface area contributed by atoms with Crippen LogP contribution >= 0.6 is 0 Å². The van der Waals surface area contributed by atoms with Gasteiger partial charge in [0.15, 0.2) is 0 Å². The Morgan fingerprint density at radius 2 is 2.05 bits per heavy atom. The molecule has 1 atom stereocenters. The number of hydrogen-bond donors (Lipinski definition) is 2. The number of carboxylic acid groups (broad SMARTS) is 1. The van der Waals surface area contributed by atoms with Crippen molar-refractivity contribution in [2.24, 2.45) is 0 Å². The number of benzene rings is 1. The molecule has 0 aliphatic rings. The lowest BCUT2D eigenvalue weighted by molar-refractivity contribution is -0.141. The molecule has 4 heteroatoms. The summed E-state index contributed by atoms with van der Waals surface area (Å²) in [5, 5.41) is 11.6. The Hall–Kier alpha value is -2.10. The summed E-state index contributed by atoms with van der Waals surface area (Å²) in [7, 11) is 0. The van der Waals surface area contributed by atoms with Crippen molar-refractivity contribution in [3.05, 3.63) is 41.5 Å². The number of carboxylic acids is 1. The normalized spacial score (nSPS) is 12.3. The summed E-state index contributed by atoms with van der Waals surface area (Å²) < 4.78 is 0. The molecule has 0 fully saturated rings. The number of aliphatic carboxylic acids is 1. The molecule has 0 unspecified atom stereocenters. The van der Waals surface area contributed by atoms with Crippen LogP contribution in [0.2, 0.25) is 0 Å². The lowest BCUT2D eigenvalue weighted by Crippen LogP contribution is -2.39. The van der Waals surface area contributed by atoms with Crippen LogP contribution in [0.15, 0.2) is 30.3 Å². The predicted molar refractivity (Wildman–Crippen MR) is 79.3 cm³/mol. The first-order chi connectivity index (χ1) is 9.54. The van der Waals surface area contributed by atoms with Crippen LogP contribution in [0.3, 0.4) is 0 Å². The van der Waals surface area contributed by atoms with Gasteiger partial charge in [-0.3, -0.25) is 4.79 Å². The monoisotopic (exact) mass is 275 g/mol. The van der Waals surface area contributed by atoms with E-state index in [2.05, 4.69) is 5.32 Å². The van der Waals surface area contributed by atoms with E-state index in [4.69, 9.17) is 5.11 Å². The van der Waals surface area contributed by atoms with Crippen molar-refractivity contribution in [3.63, 3.8) is 0 Å². The van der Waals surface area contributed by atoms with E-state index in [-0.39, 0.29) is 5.91 Å². The van der Waals surface area contributed by atoms with Gasteiger partial charge in [0.2, 0.25) is 5.91 Å². The van der Waals surface area contributed by atoms with Crippen LogP contribution in [0.25, 0.3) is 6.08 Å². The molecule has 0 spiro atoms. The Kier molecular flexibility index (Phi) is 6.50. The predicted octanol–water partition coefficient (Wildman–Crippen LogP) is 2.77. The third-order valence-electron chi connectivity index (χ3n) is 3.06.